The normalized spacial score (nSPS) is 25.6. The van der Waals surface area contributed by atoms with Gasteiger partial charge in [-0.1, -0.05) is 0 Å². The topological polar surface area (TPSA) is 71.8 Å². The second-order valence-electron chi connectivity index (χ2n) is 4.44. The first-order valence-electron chi connectivity index (χ1n) is 5.67. The number of nitrogens with one attached hydrogen (secondary N) is 2. The number of aryl methyl sites for hydroxylation is 1. The lowest BCUT2D eigenvalue weighted by atomic mass is 10.2. The first-order valence-corrected chi connectivity index (χ1v) is 5.67. The molecule has 16 heavy (non-hydrogen) atoms. The predicted molar refractivity (Wildman–Crippen MR) is 56.8 cm³/mol. The lowest BCUT2D eigenvalue weighted by molar-refractivity contribution is -0.121. The zero-order valence-electron chi connectivity index (χ0n) is 9.23. The van der Waals surface area contributed by atoms with Crippen molar-refractivity contribution >= 4 is 5.91 Å². The maximum atomic E-state index is 11.1. The van der Waals surface area contributed by atoms with Crippen molar-refractivity contribution in [2.24, 2.45) is 0 Å². The summed E-state index contributed by atoms with van der Waals surface area (Å²) in [6.07, 6.45) is 2.43. The van der Waals surface area contributed by atoms with E-state index in [1.54, 1.807) is 0 Å². The van der Waals surface area contributed by atoms with Gasteiger partial charge in [-0.05, 0) is 19.8 Å². The number of nitrogens with zero attached hydrogens (tertiary/aromatic N) is 3. The van der Waals surface area contributed by atoms with Crippen molar-refractivity contribution in [2.75, 3.05) is 13.1 Å². The van der Waals surface area contributed by atoms with Crippen molar-refractivity contribution < 1.29 is 4.79 Å². The third-order valence-electron chi connectivity index (χ3n) is 3.13. The lowest BCUT2D eigenvalue weighted by Gasteiger charge is -2.23. The Kier molecular flexibility index (Phi) is 2.17. The Balaban J connectivity index is 1.85. The number of carbonyl (C=O) groups is 1. The van der Waals surface area contributed by atoms with Crippen LogP contribution < -0.4 is 10.6 Å². The summed E-state index contributed by atoms with van der Waals surface area (Å²) in [6.45, 7) is 2.95. The van der Waals surface area contributed by atoms with E-state index in [0.717, 1.165) is 11.6 Å². The van der Waals surface area contributed by atoms with Crippen LogP contribution in [0.1, 0.15) is 36.6 Å². The molecule has 6 heteroatoms. The highest BCUT2D eigenvalue weighted by atomic mass is 16.2. The number of piperazine rings is 1. The van der Waals surface area contributed by atoms with Crippen LogP contribution in [0.5, 0.6) is 0 Å². The molecular weight excluding hydrogens is 206 g/mol. The first-order chi connectivity index (χ1) is 7.75. The average molecular weight is 221 g/mol. The summed E-state index contributed by atoms with van der Waals surface area (Å²) in [7, 11) is 0. The molecule has 1 aliphatic heterocycles. The SMILES string of the molecule is Cc1nnc(C2CNC(=O)CN2)n1C1CC1. The number of carbonyl (C=O) groups excluding carboxylic acids is 1. The summed E-state index contributed by atoms with van der Waals surface area (Å²) in [4.78, 5) is 11.1. The van der Waals surface area contributed by atoms with Gasteiger partial charge >= 0.3 is 0 Å². The highest BCUT2D eigenvalue weighted by Crippen LogP contribution is 2.37. The van der Waals surface area contributed by atoms with Gasteiger partial charge in [0.25, 0.3) is 0 Å². The maximum Gasteiger partial charge on any atom is 0.234 e. The fourth-order valence-electron chi connectivity index (χ4n) is 2.16. The third-order valence-corrected chi connectivity index (χ3v) is 3.13. The summed E-state index contributed by atoms with van der Waals surface area (Å²) in [5.41, 5.74) is 0. The zero-order valence-corrected chi connectivity index (χ0v) is 9.23. The fourth-order valence-corrected chi connectivity index (χ4v) is 2.16. The molecule has 1 atom stereocenters. The van der Waals surface area contributed by atoms with Crippen molar-refractivity contribution in [1.82, 2.24) is 25.4 Å². The molecule has 2 fully saturated rings. The third kappa shape index (κ3) is 1.59. The zero-order chi connectivity index (χ0) is 11.1. The van der Waals surface area contributed by atoms with E-state index in [0.29, 0.717) is 19.1 Å². The van der Waals surface area contributed by atoms with E-state index in [1.807, 2.05) is 6.92 Å². The Morgan fingerprint density at radius 2 is 2.19 bits per heavy atom. The number of rotatable bonds is 2. The molecule has 1 unspecified atom stereocenters. The molecular formula is C10H15N5O. The largest absolute Gasteiger partial charge is 0.353 e. The van der Waals surface area contributed by atoms with E-state index in [2.05, 4.69) is 25.4 Å². The van der Waals surface area contributed by atoms with Crippen LogP contribution in [0.2, 0.25) is 0 Å². The molecule has 2 aliphatic rings. The monoisotopic (exact) mass is 221 g/mol. The number of amides is 1. The van der Waals surface area contributed by atoms with Crippen LogP contribution in [-0.4, -0.2) is 33.8 Å². The van der Waals surface area contributed by atoms with Crippen LogP contribution >= 0.6 is 0 Å². The van der Waals surface area contributed by atoms with Gasteiger partial charge in [-0.2, -0.15) is 0 Å². The van der Waals surface area contributed by atoms with Crippen LogP contribution in [0.3, 0.4) is 0 Å². The highest BCUT2D eigenvalue weighted by molar-refractivity contribution is 5.78. The van der Waals surface area contributed by atoms with Crippen molar-refractivity contribution in [3.63, 3.8) is 0 Å². The summed E-state index contributed by atoms with van der Waals surface area (Å²) in [5.74, 6) is 1.97. The van der Waals surface area contributed by atoms with Gasteiger partial charge < -0.3 is 9.88 Å². The summed E-state index contributed by atoms with van der Waals surface area (Å²) in [6, 6.07) is 0.670. The summed E-state index contributed by atoms with van der Waals surface area (Å²) >= 11 is 0. The molecule has 2 heterocycles. The van der Waals surface area contributed by atoms with Gasteiger partial charge in [0.1, 0.15) is 5.82 Å². The van der Waals surface area contributed by atoms with Crippen LogP contribution in [0.15, 0.2) is 0 Å². The molecule has 0 spiro atoms. The number of hydrogen-bond acceptors (Lipinski definition) is 4. The van der Waals surface area contributed by atoms with E-state index in [1.165, 1.54) is 12.8 Å². The molecule has 1 aromatic rings. The molecule has 3 rings (SSSR count). The summed E-state index contributed by atoms with van der Waals surface area (Å²) in [5, 5.41) is 14.4. The molecule has 1 aromatic heterocycles. The molecule has 1 saturated carbocycles. The van der Waals surface area contributed by atoms with Gasteiger partial charge in [0.2, 0.25) is 5.91 Å². The first kappa shape index (κ1) is 9.77. The lowest BCUT2D eigenvalue weighted by Crippen LogP contribution is -2.47. The number of aromatic nitrogens is 3. The Morgan fingerprint density at radius 3 is 2.81 bits per heavy atom. The molecule has 1 saturated heterocycles. The van der Waals surface area contributed by atoms with E-state index in [4.69, 9.17) is 0 Å². The van der Waals surface area contributed by atoms with Gasteiger partial charge in [-0.25, -0.2) is 0 Å². The van der Waals surface area contributed by atoms with Crippen molar-refractivity contribution in [1.29, 1.82) is 0 Å². The quantitative estimate of drug-likeness (QED) is 0.718. The van der Waals surface area contributed by atoms with Crippen LogP contribution in [0.4, 0.5) is 0 Å². The molecule has 0 radical (unpaired) electrons. The van der Waals surface area contributed by atoms with E-state index < -0.39 is 0 Å². The summed E-state index contributed by atoms with van der Waals surface area (Å²) < 4.78 is 2.20. The minimum atomic E-state index is 0.0467. The highest BCUT2D eigenvalue weighted by Gasteiger charge is 2.32. The minimum absolute atomic E-state index is 0.0467. The maximum absolute atomic E-state index is 11.1. The van der Waals surface area contributed by atoms with Crippen LogP contribution in [0, 0.1) is 6.92 Å². The molecule has 0 bridgehead atoms. The average Bonchev–Trinajstić information content (AvgIpc) is 3.04. The Hall–Kier alpha value is -1.43. The van der Waals surface area contributed by atoms with E-state index in [9.17, 15) is 4.79 Å². The second kappa shape index (κ2) is 3.55. The standard InChI is InChI=1S/C10H15N5O/c1-6-13-14-10(15(6)7-2-3-7)8-4-12-9(16)5-11-8/h7-8,11H,2-5H2,1H3,(H,12,16). The van der Waals surface area contributed by atoms with Gasteiger partial charge in [0, 0.05) is 12.6 Å². The molecule has 86 valence electrons. The molecule has 1 amide bonds. The molecule has 0 aromatic carbocycles. The van der Waals surface area contributed by atoms with Gasteiger partial charge in [0.05, 0.1) is 12.6 Å². The molecule has 2 N–H and O–H groups in total. The minimum Gasteiger partial charge on any atom is -0.353 e. The van der Waals surface area contributed by atoms with Gasteiger partial charge in [0.15, 0.2) is 5.82 Å². The number of hydrogen-bond donors (Lipinski definition) is 2. The van der Waals surface area contributed by atoms with E-state index >= 15 is 0 Å². The predicted octanol–water partition coefficient (Wildman–Crippen LogP) is -0.318. The molecule has 6 nitrogen and oxygen atoms in total. The van der Waals surface area contributed by atoms with E-state index in [-0.39, 0.29) is 11.9 Å². The Labute approximate surface area is 93.4 Å². The van der Waals surface area contributed by atoms with Crippen LogP contribution in [0.25, 0.3) is 0 Å². The van der Waals surface area contributed by atoms with Crippen molar-refractivity contribution in [3.8, 4) is 0 Å². The fraction of sp³-hybridized carbons (Fsp3) is 0.700. The molecule has 1 aliphatic carbocycles. The van der Waals surface area contributed by atoms with Gasteiger partial charge in [-0.3, -0.25) is 10.1 Å². The van der Waals surface area contributed by atoms with Crippen molar-refractivity contribution in [3.05, 3.63) is 11.6 Å². The van der Waals surface area contributed by atoms with Crippen LogP contribution in [-0.2, 0) is 4.79 Å². The Bertz CT molecular complexity index is 413. The Morgan fingerprint density at radius 1 is 1.38 bits per heavy atom. The van der Waals surface area contributed by atoms with Crippen molar-refractivity contribution in [2.45, 2.75) is 31.8 Å². The smallest absolute Gasteiger partial charge is 0.234 e. The second-order valence-corrected chi connectivity index (χ2v) is 4.44. The van der Waals surface area contributed by atoms with Gasteiger partial charge in [-0.15, -0.1) is 10.2 Å².